The molecule has 0 unspecified atom stereocenters. The first-order chi connectivity index (χ1) is 10.6. The Morgan fingerprint density at radius 1 is 1.14 bits per heavy atom. The zero-order valence-electron chi connectivity index (χ0n) is 11.7. The van der Waals surface area contributed by atoms with Crippen LogP contribution in [0.1, 0.15) is 5.01 Å². The summed E-state index contributed by atoms with van der Waals surface area (Å²) in [4.78, 5) is 18.6. The molecule has 0 radical (unpaired) electrons. The molecule has 0 spiro atoms. The number of anilines is 2. The third-order valence-electron chi connectivity index (χ3n) is 2.99. The van der Waals surface area contributed by atoms with Crippen LogP contribution < -0.4 is 5.32 Å². The van der Waals surface area contributed by atoms with Gasteiger partial charge in [0, 0.05) is 28.8 Å². The lowest BCUT2D eigenvalue weighted by Crippen LogP contribution is -1.97. The van der Waals surface area contributed by atoms with E-state index >= 15 is 0 Å². The Balaban J connectivity index is 1.79. The number of hydrogen-bond acceptors (Lipinski definition) is 6. The van der Waals surface area contributed by atoms with E-state index in [0.29, 0.717) is 5.82 Å². The molecule has 0 saturated carbocycles. The molecule has 0 bridgehead atoms. The van der Waals surface area contributed by atoms with E-state index in [1.165, 1.54) is 6.07 Å². The van der Waals surface area contributed by atoms with Crippen molar-refractivity contribution in [1.29, 1.82) is 0 Å². The molecule has 22 heavy (non-hydrogen) atoms. The highest BCUT2D eigenvalue weighted by Crippen LogP contribution is 2.24. The van der Waals surface area contributed by atoms with E-state index in [4.69, 9.17) is 0 Å². The topological polar surface area (TPSA) is 81.0 Å². The van der Waals surface area contributed by atoms with E-state index in [1.807, 2.05) is 36.6 Å². The van der Waals surface area contributed by atoms with Gasteiger partial charge in [0.25, 0.3) is 0 Å². The highest BCUT2D eigenvalue weighted by Gasteiger charge is 2.09. The van der Waals surface area contributed by atoms with Crippen molar-refractivity contribution in [3.63, 3.8) is 0 Å². The van der Waals surface area contributed by atoms with Gasteiger partial charge in [0.05, 0.1) is 10.7 Å². The zero-order chi connectivity index (χ0) is 15.5. The van der Waals surface area contributed by atoms with Crippen LogP contribution in [-0.4, -0.2) is 14.9 Å². The second kappa shape index (κ2) is 5.90. The number of rotatable bonds is 4. The van der Waals surface area contributed by atoms with Gasteiger partial charge in [0.2, 0.25) is 5.82 Å². The summed E-state index contributed by atoms with van der Waals surface area (Å²) in [6, 6.07) is 12.3. The average molecular weight is 312 g/mol. The standard InChI is InChI=1S/C15H12N4O2S/c1-10-16-13(9-22-10)11-5-7-12(8-6-11)17-14-3-2-4-15(18-14)19(20)21/h2-9H,1H3,(H,17,18). The monoisotopic (exact) mass is 312 g/mol. The predicted octanol–water partition coefficient (Wildman–Crippen LogP) is 4.17. The van der Waals surface area contributed by atoms with Crippen LogP contribution in [0.4, 0.5) is 17.3 Å². The summed E-state index contributed by atoms with van der Waals surface area (Å²) < 4.78 is 0. The Hall–Kier alpha value is -2.80. The number of benzene rings is 1. The maximum atomic E-state index is 10.7. The number of hydrogen-bond donors (Lipinski definition) is 1. The van der Waals surface area contributed by atoms with Crippen molar-refractivity contribution in [3.05, 3.63) is 63.0 Å². The minimum absolute atomic E-state index is 0.181. The summed E-state index contributed by atoms with van der Waals surface area (Å²) in [5, 5.41) is 16.8. The van der Waals surface area contributed by atoms with Gasteiger partial charge < -0.3 is 15.4 Å². The molecule has 0 amide bonds. The number of pyridine rings is 1. The zero-order valence-corrected chi connectivity index (χ0v) is 12.5. The van der Waals surface area contributed by atoms with E-state index in [0.717, 1.165) is 22.0 Å². The van der Waals surface area contributed by atoms with Gasteiger partial charge in [-0.1, -0.05) is 12.1 Å². The number of nitrogens with one attached hydrogen (secondary N) is 1. The maximum Gasteiger partial charge on any atom is 0.365 e. The molecule has 110 valence electrons. The smallest absolute Gasteiger partial charge is 0.358 e. The van der Waals surface area contributed by atoms with Crippen LogP contribution in [0, 0.1) is 17.0 Å². The van der Waals surface area contributed by atoms with Gasteiger partial charge in [-0.25, -0.2) is 4.98 Å². The number of aromatic nitrogens is 2. The van der Waals surface area contributed by atoms with E-state index in [9.17, 15) is 10.1 Å². The molecule has 1 N–H and O–H groups in total. The molecule has 3 aromatic rings. The molecule has 7 heteroatoms. The van der Waals surface area contributed by atoms with Gasteiger partial charge in [0.15, 0.2) is 0 Å². The first-order valence-electron chi connectivity index (χ1n) is 6.53. The van der Waals surface area contributed by atoms with Crippen LogP contribution in [0.5, 0.6) is 0 Å². The Labute approximate surface area is 130 Å². The van der Waals surface area contributed by atoms with Crippen LogP contribution in [0.3, 0.4) is 0 Å². The second-order valence-electron chi connectivity index (χ2n) is 4.59. The van der Waals surface area contributed by atoms with Gasteiger partial charge in [-0.3, -0.25) is 0 Å². The highest BCUT2D eigenvalue weighted by atomic mass is 32.1. The third kappa shape index (κ3) is 3.09. The molecule has 6 nitrogen and oxygen atoms in total. The van der Waals surface area contributed by atoms with E-state index < -0.39 is 4.92 Å². The average Bonchev–Trinajstić information content (AvgIpc) is 2.95. The largest absolute Gasteiger partial charge is 0.365 e. The van der Waals surface area contributed by atoms with Crippen LogP contribution in [-0.2, 0) is 0 Å². The van der Waals surface area contributed by atoms with Crippen LogP contribution in [0.15, 0.2) is 47.8 Å². The SMILES string of the molecule is Cc1nc(-c2ccc(Nc3cccc([N+](=O)[O-])n3)cc2)cs1. The highest BCUT2D eigenvalue weighted by molar-refractivity contribution is 7.09. The molecule has 0 fully saturated rings. The van der Waals surface area contributed by atoms with Crippen molar-refractivity contribution in [3.8, 4) is 11.3 Å². The van der Waals surface area contributed by atoms with Crippen molar-refractivity contribution < 1.29 is 4.92 Å². The number of nitrogens with zero attached hydrogens (tertiary/aromatic N) is 3. The summed E-state index contributed by atoms with van der Waals surface area (Å²) in [5.74, 6) is 0.256. The maximum absolute atomic E-state index is 10.7. The Kier molecular flexibility index (Phi) is 3.80. The van der Waals surface area contributed by atoms with E-state index in [1.54, 1.807) is 23.5 Å². The fourth-order valence-electron chi connectivity index (χ4n) is 1.96. The minimum atomic E-state index is -0.515. The summed E-state index contributed by atoms with van der Waals surface area (Å²) >= 11 is 1.61. The lowest BCUT2D eigenvalue weighted by molar-refractivity contribution is -0.389. The first-order valence-corrected chi connectivity index (χ1v) is 7.41. The van der Waals surface area contributed by atoms with Gasteiger partial charge >= 0.3 is 5.82 Å². The molecule has 0 aliphatic rings. The molecule has 2 aromatic heterocycles. The molecule has 0 saturated heterocycles. The Morgan fingerprint density at radius 3 is 2.55 bits per heavy atom. The molecule has 0 atom stereocenters. The van der Waals surface area contributed by atoms with Gasteiger partial charge in [-0.05, 0) is 35.0 Å². The van der Waals surface area contributed by atoms with Crippen molar-refractivity contribution >= 4 is 28.7 Å². The van der Waals surface area contributed by atoms with Crippen molar-refractivity contribution in [2.45, 2.75) is 6.92 Å². The summed E-state index contributed by atoms with van der Waals surface area (Å²) in [6.07, 6.45) is 0. The molecule has 3 rings (SSSR count). The quantitative estimate of drug-likeness (QED) is 0.577. The Bertz CT molecular complexity index is 814. The van der Waals surface area contributed by atoms with Crippen molar-refractivity contribution in [2.24, 2.45) is 0 Å². The number of aryl methyl sites for hydroxylation is 1. The predicted molar refractivity (Wildman–Crippen MR) is 86.5 cm³/mol. The van der Waals surface area contributed by atoms with Crippen LogP contribution in [0.25, 0.3) is 11.3 Å². The van der Waals surface area contributed by atoms with Crippen molar-refractivity contribution in [2.75, 3.05) is 5.32 Å². The molecular weight excluding hydrogens is 300 g/mol. The molecule has 2 heterocycles. The van der Waals surface area contributed by atoms with E-state index in [-0.39, 0.29) is 5.82 Å². The molecule has 0 aliphatic heterocycles. The van der Waals surface area contributed by atoms with Crippen LogP contribution in [0.2, 0.25) is 0 Å². The number of nitro groups is 1. The van der Waals surface area contributed by atoms with Gasteiger partial charge in [0.1, 0.15) is 0 Å². The fourth-order valence-corrected chi connectivity index (χ4v) is 2.58. The Morgan fingerprint density at radius 2 is 1.91 bits per heavy atom. The molecular formula is C15H12N4O2S. The van der Waals surface area contributed by atoms with Crippen molar-refractivity contribution in [1.82, 2.24) is 9.97 Å². The molecule has 0 aliphatic carbocycles. The van der Waals surface area contributed by atoms with Gasteiger partial charge in [-0.2, -0.15) is 0 Å². The first kappa shape index (κ1) is 14.2. The van der Waals surface area contributed by atoms with Crippen LogP contribution >= 0.6 is 11.3 Å². The fraction of sp³-hybridized carbons (Fsp3) is 0.0667. The summed E-state index contributed by atoms with van der Waals surface area (Å²) in [5.41, 5.74) is 2.79. The third-order valence-corrected chi connectivity index (χ3v) is 3.77. The lowest BCUT2D eigenvalue weighted by Gasteiger charge is -2.03. The lowest BCUT2D eigenvalue weighted by atomic mass is 10.1. The summed E-state index contributed by atoms with van der Waals surface area (Å²) in [6.45, 7) is 1.97. The van der Waals surface area contributed by atoms with E-state index in [2.05, 4.69) is 15.3 Å². The molecule has 1 aromatic carbocycles. The second-order valence-corrected chi connectivity index (χ2v) is 5.65. The normalized spacial score (nSPS) is 10.4. The number of thiazole rings is 1. The summed E-state index contributed by atoms with van der Waals surface area (Å²) in [7, 11) is 0. The van der Waals surface area contributed by atoms with Gasteiger partial charge in [-0.15, -0.1) is 11.3 Å². The minimum Gasteiger partial charge on any atom is -0.358 e.